The highest BCUT2D eigenvalue weighted by molar-refractivity contribution is 6.48. The van der Waals surface area contributed by atoms with Gasteiger partial charge in [0.1, 0.15) is 5.82 Å². The van der Waals surface area contributed by atoms with E-state index < -0.39 is 9.04 Å². The average Bonchev–Trinajstić information content (AvgIpc) is 2.12. The largest absolute Gasteiger partial charge is 0.412 e. The summed E-state index contributed by atoms with van der Waals surface area (Å²) >= 11 is 0. The molecule has 1 atom stereocenters. The molecule has 0 spiro atoms. The number of hydrogen-bond acceptors (Lipinski definition) is 3. The van der Waals surface area contributed by atoms with E-state index in [4.69, 9.17) is 10.2 Å². The van der Waals surface area contributed by atoms with Gasteiger partial charge in [-0.2, -0.15) is 0 Å². The Morgan fingerprint density at radius 1 is 1.31 bits per heavy atom. The molecule has 1 aromatic rings. The van der Waals surface area contributed by atoms with Gasteiger partial charge in [0, 0.05) is 0 Å². The fourth-order valence-electron chi connectivity index (χ4n) is 1.60. The molecule has 1 aromatic heterocycles. The normalized spacial score (nSPS) is 14.1. The Morgan fingerprint density at radius 3 is 2.38 bits per heavy atom. The third-order valence-electron chi connectivity index (χ3n) is 2.26. The van der Waals surface area contributed by atoms with E-state index >= 15 is 0 Å². The number of nitrogens with zero attached hydrogens (tertiary/aromatic N) is 1. The molecule has 3 nitrogen and oxygen atoms in total. The number of anilines is 1. The molecule has 90 valence electrons. The van der Waals surface area contributed by atoms with Crippen molar-refractivity contribution in [3.63, 3.8) is 0 Å². The Balaban J connectivity index is 3.01. The molecule has 2 N–H and O–H groups in total. The van der Waals surface area contributed by atoms with Gasteiger partial charge in [-0.25, -0.2) is 4.98 Å². The Labute approximate surface area is 99.8 Å². The molecule has 16 heavy (non-hydrogen) atoms. The van der Waals surface area contributed by atoms with E-state index in [1.165, 1.54) is 0 Å². The quantitative estimate of drug-likeness (QED) is 0.824. The topological polar surface area (TPSA) is 48.1 Å². The third-order valence-corrected chi connectivity index (χ3v) is 3.07. The molecule has 0 aliphatic carbocycles. The van der Waals surface area contributed by atoms with Crippen molar-refractivity contribution in [2.45, 2.75) is 40.0 Å². The van der Waals surface area contributed by atoms with E-state index in [2.05, 4.69) is 38.8 Å². The highest BCUT2D eigenvalue weighted by Crippen LogP contribution is 2.35. The lowest BCUT2D eigenvalue weighted by atomic mass is 9.87. The second kappa shape index (κ2) is 4.97. The summed E-state index contributed by atoms with van der Waals surface area (Å²) in [6, 6.07) is 5.72. The highest BCUT2D eigenvalue weighted by Gasteiger charge is 2.29. The summed E-state index contributed by atoms with van der Waals surface area (Å²) < 4.78 is 6.08. The molecule has 0 saturated heterocycles. The number of aromatic nitrogens is 1. The summed E-state index contributed by atoms with van der Waals surface area (Å²) in [5, 5.41) is 0. The zero-order valence-corrected chi connectivity index (χ0v) is 12.0. The van der Waals surface area contributed by atoms with Gasteiger partial charge in [-0.15, -0.1) is 0 Å². The summed E-state index contributed by atoms with van der Waals surface area (Å²) in [7, 11) is -1.09. The fraction of sp³-hybridized carbons (Fsp3) is 0.583. The summed E-state index contributed by atoms with van der Waals surface area (Å²) in [5.41, 5.74) is 6.69. The van der Waals surface area contributed by atoms with Crippen LogP contribution in [0.3, 0.4) is 0 Å². The standard InChI is InChI=1S/C12H22N2OSi/c1-12(2,3)11(15-16(4)5)9-7-6-8-10(13)14-9/h6-8,11,16H,1-5H3,(H2,13,14). The molecule has 0 aliphatic heterocycles. The predicted octanol–water partition coefficient (Wildman–Crippen LogP) is 2.75. The van der Waals surface area contributed by atoms with Crippen LogP contribution in [0.25, 0.3) is 0 Å². The SMILES string of the molecule is C[SiH](C)OC(c1cccc(N)n1)C(C)(C)C. The molecule has 4 heteroatoms. The summed E-state index contributed by atoms with van der Waals surface area (Å²) in [6.07, 6.45) is 0.0302. The van der Waals surface area contributed by atoms with Crippen LogP contribution in [0.1, 0.15) is 32.6 Å². The van der Waals surface area contributed by atoms with Crippen LogP contribution in [-0.4, -0.2) is 14.0 Å². The van der Waals surface area contributed by atoms with Gasteiger partial charge in [-0.3, -0.25) is 0 Å². The van der Waals surface area contributed by atoms with Crippen molar-refractivity contribution in [1.29, 1.82) is 0 Å². The molecule has 0 amide bonds. The molecule has 1 unspecified atom stereocenters. The maximum Gasteiger partial charge on any atom is 0.171 e. The molecule has 0 saturated carbocycles. The minimum Gasteiger partial charge on any atom is -0.412 e. The van der Waals surface area contributed by atoms with Gasteiger partial charge in [0.15, 0.2) is 9.04 Å². The average molecular weight is 238 g/mol. The van der Waals surface area contributed by atoms with Gasteiger partial charge in [-0.1, -0.05) is 26.8 Å². The van der Waals surface area contributed by atoms with Crippen LogP contribution in [0.5, 0.6) is 0 Å². The van der Waals surface area contributed by atoms with Crippen molar-refractivity contribution in [2.24, 2.45) is 5.41 Å². The van der Waals surface area contributed by atoms with E-state index in [1.54, 1.807) is 6.07 Å². The Kier molecular flexibility index (Phi) is 4.10. The molecule has 1 rings (SSSR count). The van der Waals surface area contributed by atoms with Crippen LogP contribution >= 0.6 is 0 Å². The first-order chi connectivity index (χ1) is 7.30. The Morgan fingerprint density at radius 2 is 1.94 bits per heavy atom. The van der Waals surface area contributed by atoms with Crippen molar-refractivity contribution in [2.75, 3.05) is 5.73 Å². The molecule has 1 heterocycles. The molecular weight excluding hydrogens is 216 g/mol. The number of rotatable bonds is 3. The van der Waals surface area contributed by atoms with Crippen molar-refractivity contribution < 1.29 is 4.43 Å². The van der Waals surface area contributed by atoms with Crippen LogP contribution < -0.4 is 5.73 Å². The van der Waals surface area contributed by atoms with Crippen LogP contribution in [0.2, 0.25) is 13.1 Å². The zero-order chi connectivity index (χ0) is 12.3. The maximum absolute atomic E-state index is 6.08. The molecule has 0 aliphatic rings. The first-order valence-electron chi connectivity index (χ1n) is 5.68. The predicted molar refractivity (Wildman–Crippen MR) is 70.8 cm³/mol. The van der Waals surface area contributed by atoms with E-state index in [0.717, 1.165) is 5.69 Å². The smallest absolute Gasteiger partial charge is 0.171 e. The van der Waals surface area contributed by atoms with Gasteiger partial charge in [0.2, 0.25) is 0 Å². The van der Waals surface area contributed by atoms with E-state index in [9.17, 15) is 0 Å². The lowest BCUT2D eigenvalue weighted by Crippen LogP contribution is -2.26. The first kappa shape index (κ1) is 13.2. The molecule has 0 radical (unpaired) electrons. The van der Waals surface area contributed by atoms with Gasteiger partial charge >= 0.3 is 0 Å². The van der Waals surface area contributed by atoms with Crippen molar-refractivity contribution in [1.82, 2.24) is 4.98 Å². The Bertz CT molecular complexity index is 347. The lowest BCUT2D eigenvalue weighted by Gasteiger charge is -2.32. The Hall–Kier alpha value is -0.873. The lowest BCUT2D eigenvalue weighted by molar-refractivity contribution is 0.0829. The third kappa shape index (κ3) is 3.61. The monoisotopic (exact) mass is 238 g/mol. The van der Waals surface area contributed by atoms with Crippen LogP contribution in [0, 0.1) is 5.41 Å². The number of hydrogen-bond donors (Lipinski definition) is 1. The minimum atomic E-state index is -1.09. The second-order valence-corrected chi connectivity index (χ2v) is 7.79. The van der Waals surface area contributed by atoms with Crippen molar-refractivity contribution in [3.8, 4) is 0 Å². The zero-order valence-electron chi connectivity index (χ0n) is 10.8. The number of pyridine rings is 1. The summed E-state index contributed by atoms with van der Waals surface area (Å²) in [4.78, 5) is 4.37. The van der Waals surface area contributed by atoms with E-state index in [0.29, 0.717) is 5.82 Å². The molecule has 0 fully saturated rings. The van der Waals surface area contributed by atoms with E-state index in [-0.39, 0.29) is 11.5 Å². The first-order valence-corrected chi connectivity index (χ1v) is 8.46. The van der Waals surface area contributed by atoms with Gasteiger partial charge in [-0.05, 0) is 30.6 Å². The maximum atomic E-state index is 6.08. The van der Waals surface area contributed by atoms with Crippen LogP contribution in [0.4, 0.5) is 5.82 Å². The van der Waals surface area contributed by atoms with Gasteiger partial charge in [0.05, 0.1) is 11.8 Å². The van der Waals surface area contributed by atoms with Crippen molar-refractivity contribution in [3.05, 3.63) is 23.9 Å². The minimum absolute atomic E-state index is 0.0302. The molecular formula is C12H22N2OSi. The number of nitrogens with two attached hydrogens (primary N) is 1. The van der Waals surface area contributed by atoms with Crippen LogP contribution in [0.15, 0.2) is 18.2 Å². The number of nitrogen functional groups attached to an aromatic ring is 1. The van der Waals surface area contributed by atoms with Gasteiger partial charge in [0.25, 0.3) is 0 Å². The second-order valence-electron chi connectivity index (χ2n) is 5.42. The van der Waals surface area contributed by atoms with Gasteiger partial charge < -0.3 is 10.2 Å². The van der Waals surface area contributed by atoms with E-state index in [1.807, 2.05) is 12.1 Å². The van der Waals surface area contributed by atoms with Crippen LogP contribution in [-0.2, 0) is 4.43 Å². The summed E-state index contributed by atoms with van der Waals surface area (Å²) in [6.45, 7) is 10.8. The molecule has 0 aromatic carbocycles. The molecule has 0 bridgehead atoms. The fourth-order valence-corrected chi connectivity index (χ4v) is 2.70. The highest BCUT2D eigenvalue weighted by atomic mass is 28.3. The van der Waals surface area contributed by atoms with Crippen molar-refractivity contribution >= 4 is 14.9 Å². The summed E-state index contributed by atoms with van der Waals surface area (Å²) in [5.74, 6) is 0.556.